The number of hydrogen-bond acceptors (Lipinski definition) is 2. The number of rotatable bonds is 12. The normalized spacial score (nSPS) is 10.8. The van der Waals surface area contributed by atoms with Crippen molar-refractivity contribution in [3.05, 3.63) is 488 Å². The lowest BCUT2D eigenvalue weighted by Crippen LogP contribution is -2.32. The zero-order chi connectivity index (χ0) is 80.9. The summed E-state index contributed by atoms with van der Waals surface area (Å²) in [5.41, 5.74) is 30.0. The van der Waals surface area contributed by atoms with Gasteiger partial charge in [0.25, 0.3) is 0 Å². The molecule has 0 aliphatic carbocycles. The first kappa shape index (κ1) is 76.3. The highest BCUT2D eigenvalue weighted by atomic mass is 79.9. The van der Waals surface area contributed by atoms with Crippen molar-refractivity contribution in [2.45, 2.75) is 0 Å². The van der Waals surface area contributed by atoms with Crippen LogP contribution in [-0.2, 0) is 0 Å². The minimum absolute atomic E-state index is 0.412. The Balaban J connectivity index is 0.000000137. The summed E-state index contributed by atoms with van der Waals surface area (Å²) < 4.78 is 1.08. The second-order valence-corrected chi connectivity index (χ2v) is 30.6. The van der Waals surface area contributed by atoms with Gasteiger partial charge in [0.1, 0.15) is 0 Å². The van der Waals surface area contributed by atoms with Crippen LogP contribution in [-0.4, -0.2) is 17.2 Å². The van der Waals surface area contributed by atoms with Crippen LogP contribution in [0.3, 0.4) is 0 Å². The second kappa shape index (κ2) is 35.6. The summed E-state index contributed by atoms with van der Waals surface area (Å²) in [6.45, 7) is 0. The van der Waals surface area contributed by atoms with Gasteiger partial charge < -0.3 is 10.0 Å². The molecule has 20 aromatic rings. The highest BCUT2D eigenvalue weighted by Gasteiger charge is 2.22. The summed E-state index contributed by atoms with van der Waals surface area (Å²) in [6.07, 6.45) is 0. The van der Waals surface area contributed by atoms with Gasteiger partial charge in [0, 0.05) is 26.7 Å². The fourth-order valence-electron chi connectivity index (χ4n) is 16.3. The molecule has 0 aromatic heterocycles. The van der Waals surface area contributed by atoms with E-state index in [2.05, 4.69) is 404 Å². The van der Waals surface area contributed by atoms with E-state index in [1.807, 2.05) is 91.0 Å². The number of halogens is 1. The van der Waals surface area contributed by atoms with Crippen molar-refractivity contribution in [1.82, 2.24) is 0 Å². The van der Waals surface area contributed by atoms with Gasteiger partial charge in [-0.05, 0) is 232 Å². The molecule has 0 aliphatic heterocycles. The highest BCUT2D eigenvalue weighted by molar-refractivity contribution is 9.10. The van der Waals surface area contributed by atoms with Crippen molar-refractivity contribution >= 4 is 71.6 Å². The topological polar surface area (TPSA) is 40.5 Å². The molecule has 0 saturated heterocycles. The van der Waals surface area contributed by atoms with Gasteiger partial charge in [-0.25, -0.2) is 0 Å². The maximum Gasteiger partial charge on any atom is 0.489 e. The molecule has 0 spiro atoms. The van der Waals surface area contributed by atoms with E-state index in [1.54, 1.807) is 6.07 Å². The minimum Gasteiger partial charge on any atom is -0.423 e. The molecular formula is C116H78BBrO2. The minimum atomic E-state index is -1.56. The molecule has 564 valence electrons. The zero-order valence-corrected chi connectivity index (χ0v) is 67.3. The molecule has 0 atom stereocenters. The third kappa shape index (κ3) is 16.8. The van der Waals surface area contributed by atoms with Crippen LogP contribution in [0.2, 0.25) is 0 Å². The third-order valence-corrected chi connectivity index (χ3v) is 22.7. The van der Waals surface area contributed by atoms with Gasteiger partial charge in [-0.15, -0.1) is 0 Å². The molecular weight excluding hydrogens is 1520 g/mol. The van der Waals surface area contributed by atoms with Crippen LogP contribution in [0.5, 0.6) is 0 Å². The Morgan fingerprint density at radius 1 is 0.175 bits per heavy atom. The van der Waals surface area contributed by atoms with Crippen molar-refractivity contribution in [3.63, 3.8) is 0 Å². The first-order chi connectivity index (χ1) is 59.3. The van der Waals surface area contributed by atoms with Crippen LogP contribution in [0, 0.1) is 23.7 Å². The van der Waals surface area contributed by atoms with E-state index in [1.165, 1.54) is 138 Å². The molecule has 0 bridgehead atoms. The van der Waals surface area contributed by atoms with Crippen LogP contribution in [0.25, 0.3) is 165 Å². The third-order valence-electron chi connectivity index (χ3n) is 22.2. The van der Waals surface area contributed by atoms with Gasteiger partial charge in [-0.1, -0.05) is 440 Å². The zero-order valence-electron chi connectivity index (χ0n) is 65.7. The standard InChI is InChI=1S/C58H38.C38H25Br.C20H15BO2/c1-5-15-41(16-6-1)25-26-47-31-36-50(44-21-11-4-12-22-44)39-55(47)51-37-38-54-56(40-51)58(49-34-29-46(30-35-49)43-19-9-3-10-20-43)53-24-14-13-23-52(53)57(54)48-32-27-45(28-33-48)42-17-7-2-8-18-42;39-32-23-24-35-36(25-32)38(31-21-17-29(18-22-31)27-11-5-2-6-12-27)34-14-8-7-13-33(34)37(35)30-19-15-28(16-20-30)26-9-3-1-4-10-26;22-21(23)20-15-19(17-9-5-2-6-10-17)14-13-18(20)12-11-16-7-3-1-4-8-16/h1-24,27-40H;1-25H;1-10,13-15,22-23H. The van der Waals surface area contributed by atoms with Crippen molar-refractivity contribution in [1.29, 1.82) is 0 Å². The summed E-state index contributed by atoms with van der Waals surface area (Å²) >= 11 is 3.76. The number of hydrogen-bond donors (Lipinski definition) is 2. The van der Waals surface area contributed by atoms with Crippen LogP contribution in [0.1, 0.15) is 22.3 Å². The fourth-order valence-corrected chi connectivity index (χ4v) is 16.7. The average molecular weight is 1590 g/mol. The maximum absolute atomic E-state index is 9.66. The SMILES string of the molecule is Brc1ccc2c(-c3ccc(-c4ccccc4)cc3)c3ccccc3c(-c3ccc(-c4ccccc4)cc3)c2c1.C(#Cc1ccc(-c2ccccc2)cc1-c1ccc2c(-c3ccc(-c4ccccc4)cc3)c3ccccc3c(-c3ccc(-c4ccccc4)cc3)c2c1)c1ccccc1.OB(O)c1cc(-c2ccccc2)ccc1C#Cc1ccccc1. The van der Waals surface area contributed by atoms with Gasteiger partial charge >= 0.3 is 7.12 Å². The Morgan fingerprint density at radius 3 is 0.767 bits per heavy atom. The summed E-state index contributed by atoms with van der Waals surface area (Å²) in [7, 11) is -1.56. The van der Waals surface area contributed by atoms with E-state index in [0.29, 0.717) is 11.0 Å². The molecule has 20 rings (SSSR count). The Labute approximate surface area is 710 Å². The van der Waals surface area contributed by atoms with Gasteiger partial charge in [0.05, 0.1) is 0 Å². The quantitative estimate of drug-likeness (QED) is 0.0727. The van der Waals surface area contributed by atoms with Crippen molar-refractivity contribution in [2.75, 3.05) is 0 Å². The molecule has 0 aliphatic rings. The smallest absolute Gasteiger partial charge is 0.423 e. The summed E-state index contributed by atoms with van der Waals surface area (Å²) in [6, 6.07) is 162. The largest absolute Gasteiger partial charge is 0.489 e. The lowest BCUT2D eigenvalue weighted by molar-refractivity contribution is 0.425. The summed E-state index contributed by atoms with van der Waals surface area (Å²) in [5.74, 6) is 13.1. The van der Waals surface area contributed by atoms with E-state index in [9.17, 15) is 10.0 Å². The van der Waals surface area contributed by atoms with E-state index in [0.717, 1.165) is 49.0 Å². The molecule has 0 unspecified atom stereocenters. The second-order valence-electron chi connectivity index (χ2n) is 29.7. The molecule has 120 heavy (non-hydrogen) atoms. The van der Waals surface area contributed by atoms with Gasteiger partial charge in [0.2, 0.25) is 0 Å². The van der Waals surface area contributed by atoms with Gasteiger partial charge in [-0.3, -0.25) is 0 Å². The molecule has 2 nitrogen and oxygen atoms in total. The van der Waals surface area contributed by atoms with E-state index >= 15 is 0 Å². The van der Waals surface area contributed by atoms with Crippen LogP contribution < -0.4 is 5.46 Å². The summed E-state index contributed by atoms with van der Waals surface area (Å²) in [5, 5.41) is 29.2. The van der Waals surface area contributed by atoms with Crippen LogP contribution in [0.15, 0.2) is 466 Å². The van der Waals surface area contributed by atoms with Gasteiger partial charge in [-0.2, -0.15) is 0 Å². The highest BCUT2D eigenvalue weighted by Crippen LogP contribution is 2.48. The molecule has 0 fully saturated rings. The Hall–Kier alpha value is -15.0. The molecule has 2 N–H and O–H groups in total. The van der Waals surface area contributed by atoms with Crippen LogP contribution in [0.4, 0.5) is 0 Å². The predicted molar refractivity (Wildman–Crippen MR) is 512 cm³/mol. The molecule has 0 radical (unpaired) electrons. The van der Waals surface area contributed by atoms with Crippen LogP contribution >= 0.6 is 15.9 Å². The lowest BCUT2D eigenvalue weighted by atomic mass is 9.76. The molecule has 0 saturated carbocycles. The molecule has 20 aromatic carbocycles. The average Bonchev–Trinajstić information content (AvgIpc) is 0.730. The fraction of sp³-hybridized carbons (Fsp3) is 0. The van der Waals surface area contributed by atoms with E-state index in [4.69, 9.17) is 0 Å². The molecule has 4 heteroatoms. The van der Waals surface area contributed by atoms with Gasteiger partial charge in [0.15, 0.2) is 0 Å². The molecule has 0 amide bonds. The Morgan fingerprint density at radius 2 is 0.417 bits per heavy atom. The monoisotopic (exact) mass is 1590 g/mol. The maximum atomic E-state index is 9.66. The predicted octanol–water partition coefficient (Wildman–Crippen LogP) is 29.3. The summed E-state index contributed by atoms with van der Waals surface area (Å²) in [4.78, 5) is 0. The van der Waals surface area contributed by atoms with Crippen molar-refractivity contribution < 1.29 is 10.0 Å². The lowest BCUT2D eigenvalue weighted by Gasteiger charge is -2.19. The van der Waals surface area contributed by atoms with Crippen molar-refractivity contribution in [2.24, 2.45) is 0 Å². The van der Waals surface area contributed by atoms with E-state index in [-0.39, 0.29) is 0 Å². The number of benzene rings is 20. The molecule has 0 heterocycles. The number of fused-ring (bicyclic) bond motifs is 4. The van der Waals surface area contributed by atoms with E-state index < -0.39 is 7.12 Å². The Bertz CT molecular complexity index is 7150. The first-order valence-corrected chi connectivity index (χ1v) is 41.2. The first-order valence-electron chi connectivity index (χ1n) is 40.4. The Kier molecular flexibility index (Phi) is 22.7. The van der Waals surface area contributed by atoms with Crippen molar-refractivity contribution in [3.8, 4) is 146 Å².